The monoisotopic (exact) mass is 342 g/mol. The van der Waals surface area contributed by atoms with Gasteiger partial charge in [0.2, 0.25) is 0 Å². The van der Waals surface area contributed by atoms with Crippen molar-refractivity contribution in [3.63, 3.8) is 0 Å². The van der Waals surface area contributed by atoms with Crippen LogP contribution in [0.3, 0.4) is 0 Å². The molecule has 1 rings (SSSR count). The molecule has 0 saturated carbocycles. The van der Waals surface area contributed by atoms with Gasteiger partial charge in [0.05, 0.1) is 13.2 Å². The molecule has 3 nitrogen and oxygen atoms in total. The molecule has 0 spiro atoms. The molecular formula is C21H42O3. The van der Waals surface area contributed by atoms with Crippen molar-refractivity contribution in [3.8, 4) is 0 Å². The van der Waals surface area contributed by atoms with Crippen molar-refractivity contribution in [2.24, 2.45) is 11.3 Å². The average molecular weight is 343 g/mol. The van der Waals surface area contributed by atoms with E-state index in [0.29, 0.717) is 24.5 Å². The summed E-state index contributed by atoms with van der Waals surface area (Å²) in [5.41, 5.74) is 0.374. The van der Waals surface area contributed by atoms with Gasteiger partial charge in [-0.1, -0.05) is 52.4 Å². The standard InChI is InChI=1S/C21H42O3/c1-6-9-10-11-12-13-14-19(15-16-20(4)17-22-18-20)21(5,23-7-2)24-8-3/h19H,6-18H2,1-5H3. The van der Waals surface area contributed by atoms with Crippen LogP contribution in [0, 0.1) is 11.3 Å². The summed E-state index contributed by atoms with van der Waals surface area (Å²) in [7, 11) is 0. The largest absolute Gasteiger partial charge is 0.380 e. The molecule has 1 heterocycles. The van der Waals surface area contributed by atoms with E-state index in [9.17, 15) is 0 Å². The normalized spacial score (nSPS) is 18.4. The fourth-order valence-corrected chi connectivity index (χ4v) is 3.81. The molecule has 1 unspecified atom stereocenters. The van der Waals surface area contributed by atoms with E-state index in [2.05, 4.69) is 34.6 Å². The highest BCUT2D eigenvalue weighted by Crippen LogP contribution is 2.38. The van der Waals surface area contributed by atoms with Gasteiger partial charge in [-0.15, -0.1) is 0 Å². The van der Waals surface area contributed by atoms with Crippen molar-refractivity contribution in [3.05, 3.63) is 0 Å². The van der Waals surface area contributed by atoms with E-state index < -0.39 is 5.79 Å². The van der Waals surface area contributed by atoms with Crippen LogP contribution < -0.4 is 0 Å². The van der Waals surface area contributed by atoms with Crippen LogP contribution >= 0.6 is 0 Å². The topological polar surface area (TPSA) is 27.7 Å². The second-order valence-electron chi connectivity index (χ2n) is 7.98. The zero-order chi connectivity index (χ0) is 17.9. The first-order valence-corrected chi connectivity index (χ1v) is 10.4. The third-order valence-electron chi connectivity index (χ3n) is 5.51. The summed E-state index contributed by atoms with van der Waals surface area (Å²) in [5, 5.41) is 0. The van der Waals surface area contributed by atoms with E-state index in [1.54, 1.807) is 0 Å². The molecule has 0 aromatic rings. The molecular weight excluding hydrogens is 300 g/mol. The van der Waals surface area contributed by atoms with E-state index >= 15 is 0 Å². The Labute approximate surface area is 150 Å². The summed E-state index contributed by atoms with van der Waals surface area (Å²) in [6, 6.07) is 0. The first-order chi connectivity index (χ1) is 11.5. The van der Waals surface area contributed by atoms with E-state index in [1.807, 2.05) is 0 Å². The van der Waals surface area contributed by atoms with E-state index in [4.69, 9.17) is 14.2 Å². The molecule has 1 aliphatic heterocycles. The first kappa shape index (κ1) is 21.9. The van der Waals surface area contributed by atoms with Gasteiger partial charge in [-0.3, -0.25) is 0 Å². The molecule has 0 bridgehead atoms. The minimum Gasteiger partial charge on any atom is -0.380 e. The molecule has 0 radical (unpaired) electrons. The maximum absolute atomic E-state index is 6.09. The molecule has 0 amide bonds. The number of ether oxygens (including phenoxy) is 3. The Morgan fingerprint density at radius 3 is 2.00 bits per heavy atom. The lowest BCUT2D eigenvalue weighted by Crippen LogP contribution is -2.44. The summed E-state index contributed by atoms with van der Waals surface area (Å²) < 4.78 is 17.6. The highest BCUT2D eigenvalue weighted by molar-refractivity contribution is 4.84. The fraction of sp³-hybridized carbons (Fsp3) is 1.00. The Morgan fingerprint density at radius 1 is 0.917 bits per heavy atom. The molecule has 3 heteroatoms. The van der Waals surface area contributed by atoms with Gasteiger partial charge in [-0.05, 0) is 40.0 Å². The van der Waals surface area contributed by atoms with Gasteiger partial charge in [0.1, 0.15) is 0 Å². The van der Waals surface area contributed by atoms with Crippen LogP contribution in [0.15, 0.2) is 0 Å². The lowest BCUT2D eigenvalue weighted by molar-refractivity contribution is -0.256. The van der Waals surface area contributed by atoms with Crippen molar-refractivity contribution in [1.82, 2.24) is 0 Å². The van der Waals surface area contributed by atoms with Crippen LogP contribution in [0.1, 0.15) is 92.4 Å². The second-order valence-corrected chi connectivity index (χ2v) is 7.98. The summed E-state index contributed by atoms with van der Waals surface area (Å²) in [5.74, 6) is 0.0365. The molecule has 1 atom stereocenters. The number of hydrogen-bond donors (Lipinski definition) is 0. The zero-order valence-corrected chi connectivity index (χ0v) is 17.0. The van der Waals surface area contributed by atoms with Crippen molar-refractivity contribution in [2.45, 2.75) is 98.2 Å². The van der Waals surface area contributed by atoms with Crippen LogP contribution in [0.4, 0.5) is 0 Å². The van der Waals surface area contributed by atoms with E-state index in [1.165, 1.54) is 57.8 Å². The fourth-order valence-electron chi connectivity index (χ4n) is 3.81. The van der Waals surface area contributed by atoms with Crippen LogP contribution in [0.25, 0.3) is 0 Å². The summed E-state index contributed by atoms with van der Waals surface area (Å²) in [6.07, 6.45) is 11.7. The highest BCUT2D eigenvalue weighted by atomic mass is 16.7. The highest BCUT2D eigenvalue weighted by Gasteiger charge is 2.39. The Morgan fingerprint density at radius 2 is 1.50 bits per heavy atom. The Kier molecular flexibility index (Phi) is 10.5. The number of unbranched alkanes of at least 4 members (excludes halogenated alkanes) is 5. The van der Waals surface area contributed by atoms with Gasteiger partial charge in [0.25, 0.3) is 0 Å². The third kappa shape index (κ3) is 7.41. The Hall–Kier alpha value is -0.120. The SMILES string of the molecule is CCCCCCCCC(CCC1(C)COC1)C(C)(OCC)OCC. The predicted molar refractivity (Wildman–Crippen MR) is 101 cm³/mol. The second kappa shape index (κ2) is 11.5. The molecule has 0 aliphatic carbocycles. The maximum Gasteiger partial charge on any atom is 0.168 e. The summed E-state index contributed by atoms with van der Waals surface area (Å²) in [6.45, 7) is 14.2. The van der Waals surface area contributed by atoms with Gasteiger partial charge in [-0.25, -0.2) is 0 Å². The zero-order valence-electron chi connectivity index (χ0n) is 17.0. The quantitative estimate of drug-likeness (QED) is 0.271. The van der Waals surface area contributed by atoms with Crippen molar-refractivity contribution in [1.29, 1.82) is 0 Å². The van der Waals surface area contributed by atoms with Crippen LogP contribution in [0.2, 0.25) is 0 Å². The lowest BCUT2D eigenvalue weighted by Gasteiger charge is -2.42. The first-order valence-electron chi connectivity index (χ1n) is 10.4. The van der Waals surface area contributed by atoms with Crippen molar-refractivity contribution < 1.29 is 14.2 Å². The number of hydrogen-bond acceptors (Lipinski definition) is 3. The maximum atomic E-state index is 6.09. The van der Waals surface area contributed by atoms with E-state index in [-0.39, 0.29) is 0 Å². The minimum absolute atomic E-state index is 0.374. The molecule has 0 N–H and O–H groups in total. The molecule has 0 aromatic carbocycles. The summed E-state index contributed by atoms with van der Waals surface area (Å²) >= 11 is 0. The van der Waals surface area contributed by atoms with Crippen molar-refractivity contribution in [2.75, 3.05) is 26.4 Å². The van der Waals surface area contributed by atoms with E-state index in [0.717, 1.165) is 13.2 Å². The molecule has 1 fully saturated rings. The van der Waals surface area contributed by atoms with Crippen LogP contribution in [0.5, 0.6) is 0 Å². The third-order valence-corrected chi connectivity index (χ3v) is 5.51. The van der Waals surface area contributed by atoms with Gasteiger partial charge in [-0.2, -0.15) is 0 Å². The Balaban J connectivity index is 2.52. The average Bonchev–Trinajstić information content (AvgIpc) is 2.52. The Bertz CT molecular complexity index is 306. The van der Waals surface area contributed by atoms with Crippen molar-refractivity contribution >= 4 is 0 Å². The lowest BCUT2D eigenvalue weighted by atomic mass is 9.78. The molecule has 1 saturated heterocycles. The predicted octanol–water partition coefficient (Wildman–Crippen LogP) is 5.96. The molecule has 1 aliphatic rings. The minimum atomic E-state index is -0.437. The van der Waals surface area contributed by atoms with Gasteiger partial charge < -0.3 is 14.2 Å². The molecule has 144 valence electrons. The van der Waals surface area contributed by atoms with Crippen LogP contribution in [-0.4, -0.2) is 32.2 Å². The van der Waals surface area contributed by atoms with Crippen LogP contribution in [-0.2, 0) is 14.2 Å². The van der Waals surface area contributed by atoms with Gasteiger partial charge >= 0.3 is 0 Å². The number of rotatable bonds is 15. The summed E-state index contributed by atoms with van der Waals surface area (Å²) in [4.78, 5) is 0. The smallest absolute Gasteiger partial charge is 0.168 e. The molecule has 0 aromatic heterocycles. The van der Waals surface area contributed by atoms with Gasteiger partial charge in [0, 0.05) is 24.5 Å². The van der Waals surface area contributed by atoms with Gasteiger partial charge in [0.15, 0.2) is 5.79 Å². The molecule has 24 heavy (non-hydrogen) atoms.